The first-order chi connectivity index (χ1) is 26.1. The van der Waals surface area contributed by atoms with Crippen LogP contribution in [0.5, 0.6) is 5.75 Å². The van der Waals surface area contributed by atoms with E-state index < -0.39 is 6.10 Å². The van der Waals surface area contributed by atoms with Crippen LogP contribution in [0.3, 0.4) is 0 Å². The Morgan fingerprint density at radius 2 is 1.00 bits per heavy atom. The van der Waals surface area contributed by atoms with Gasteiger partial charge in [-0.2, -0.15) is 0 Å². The summed E-state index contributed by atoms with van der Waals surface area (Å²) in [5, 5.41) is 0. The lowest BCUT2D eigenvalue weighted by molar-refractivity contribution is -0.163. The zero-order valence-electron chi connectivity index (χ0n) is 34.0. The van der Waals surface area contributed by atoms with Crippen molar-refractivity contribution >= 4 is 11.9 Å². The first-order valence-corrected chi connectivity index (χ1v) is 21.2. The lowest BCUT2D eigenvalue weighted by atomic mass is 10.1. The number of esters is 2. The van der Waals surface area contributed by atoms with E-state index in [1.54, 1.807) is 7.11 Å². The second-order valence-corrected chi connectivity index (χ2v) is 14.1. The quantitative estimate of drug-likeness (QED) is 0.0388. The number of carbonyl (C=O) groups excluding carboxylic acids is 2. The van der Waals surface area contributed by atoms with Gasteiger partial charge >= 0.3 is 11.9 Å². The highest BCUT2D eigenvalue weighted by Crippen LogP contribution is 2.14. The number of allylic oxidation sites excluding steroid dienone is 8. The number of hydrogen-bond donors (Lipinski definition) is 0. The smallest absolute Gasteiger partial charge is 0.306 e. The van der Waals surface area contributed by atoms with Crippen LogP contribution in [0.2, 0.25) is 0 Å². The summed E-state index contributed by atoms with van der Waals surface area (Å²) < 4.78 is 22.4. The number of carbonyl (C=O) groups is 2. The second-order valence-electron chi connectivity index (χ2n) is 14.1. The van der Waals surface area contributed by atoms with E-state index in [-0.39, 0.29) is 25.2 Å². The van der Waals surface area contributed by atoms with Crippen molar-refractivity contribution in [1.82, 2.24) is 0 Å². The maximum Gasteiger partial charge on any atom is 0.306 e. The summed E-state index contributed by atoms with van der Waals surface area (Å²) in [6.45, 7) is 5.01. The fourth-order valence-electron chi connectivity index (χ4n) is 5.81. The van der Waals surface area contributed by atoms with E-state index in [1.807, 2.05) is 24.3 Å². The maximum absolute atomic E-state index is 12.7. The molecule has 0 saturated carbocycles. The summed E-state index contributed by atoms with van der Waals surface area (Å²) in [6.07, 6.45) is 43.3. The Bertz CT molecular complexity index is 1100. The first-order valence-electron chi connectivity index (χ1n) is 21.2. The average molecular weight is 737 g/mol. The van der Waals surface area contributed by atoms with Crippen LogP contribution < -0.4 is 4.74 Å². The molecule has 0 N–H and O–H groups in total. The van der Waals surface area contributed by atoms with Gasteiger partial charge < -0.3 is 18.9 Å². The van der Waals surface area contributed by atoms with Gasteiger partial charge in [0, 0.05) is 12.8 Å². The van der Waals surface area contributed by atoms with Crippen LogP contribution in [0.4, 0.5) is 0 Å². The molecule has 0 radical (unpaired) electrons. The van der Waals surface area contributed by atoms with Crippen LogP contribution in [-0.2, 0) is 30.4 Å². The van der Waals surface area contributed by atoms with E-state index in [2.05, 4.69) is 62.5 Å². The molecule has 300 valence electrons. The van der Waals surface area contributed by atoms with Crippen molar-refractivity contribution in [2.45, 2.75) is 181 Å². The molecule has 0 spiro atoms. The highest BCUT2D eigenvalue weighted by Gasteiger charge is 2.18. The largest absolute Gasteiger partial charge is 0.497 e. The minimum absolute atomic E-state index is 0.00954. The minimum Gasteiger partial charge on any atom is -0.497 e. The molecular weight excluding hydrogens is 661 g/mol. The zero-order valence-corrected chi connectivity index (χ0v) is 34.0. The van der Waals surface area contributed by atoms with Crippen LogP contribution >= 0.6 is 0 Å². The van der Waals surface area contributed by atoms with Gasteiger partial charge in [-0.25, -0.2) is 0 Å². The highest BCUT2D eigenvalue weighted by atomic mass is 16.6. The van der Waals surface area contributed by atoms with Gasteiger partial charge in [0.2, 0.25) is 0 Å². The van der Waals surface area contributed by atoms with E-state index in [1.165, 1.54) is 77.0 Å². The molecule has 53 heavy (non-hydrogen) atoms. The summed E-state index contributed by atoms with van der Waals surface area (Å²) in [7, 11) is 1.64. The Kier molecular flexibility index (Phi) is 33.6. The SMILES string of the molecule is CCCCC/C=C\C/C=C\CCCCCCCC(=O)OC[C@H](COCc1ccc(OC)cc1)OC(=O)CCCCCCC/C=C\C/C=C\CCCCC. The first kappa shape index (κ1) is 47.9. The monoisotopic (exact) mass is 737 g/mol. The number of hydrogen-bond acceptors (Lipinski definition) is 6. The Hall–Kier alpha value is -3.12. The number of rotatable bonds is 36. The van der Waals surface area contributed by atoms with E-state index in [0.29, 0.717) is 19.4 Å². The van der Waals surface area contributed by atoms with Gasteiger partial charge in [-0.1, -0.05) is 139 Å². The van der Waals surface area contributed by atoms with Crippen molar-refractivity contribution in [2.75, 3.05) is 20.3 Å². The van der Waals surface area contributed by atoms with Crippen molar-refractivity contribution in [2.24, 2.45) is 0 Å². The molecule has 1 rings (SSSR count). The third kappa shape index (κ3) is 32.1. The lowest BCUT2D eigenvalue weighted by Crippen LogP contribution is -2.29. The minimum atomic E-state index is -0.632. The van der Waals surface area contributed by atoms with Crippen molar-refractivity contribution in [1.29, 1.82) is 0 Å². The molecule has 1 aromatic carbocycles. The molecule has 0 aliphatic carbocycles. The molecule has 0 amide bonds. The van der Waals surface area contributed by atoms with Gasteiger partial charge in [0.15, 0.2) is 6.10 Å². The van der Waals surface area contributed by atoms with E-state index in [4.69, 9.17) is 18.9 Å². The molecule has 0 bridgehead atoms. The number of benzene rings is 1. The number of ether oxygens (including phenoxy) is 4. The topological polar surface area (TPSA) is 71.1 Å². The molecule has 6 heteroatoms. The van der Waals surface area contributed by atoms with Gasteiger partial charge in [0.25, 0.3) is 0 Å². The van der Waals surface area contributed by atoms with Crippen LogP contribution in [0.1, 0.15) is 174 Å². The van der Waals surface area contributed by atoms with Crippen LogP contribution in [-0.4, -0.2) is 38.4 Å². The van der Waals surface area contributed by atoms with Gasteiger partial charge in [-0.05, 0) is 94.7 Å². The fourth-order valence-corrected chi connectivity index (χ4v) is 5.81. The van der Waals surface area contributed by atoms with Crippen LogP contribution in [0, 0.1) is 0 Å². The predicted octanol–water partition coefficient (Wildman–Crippen LogP) is 13.3. The molecular formula is C47H76O6. The Morgan fingerprint density at radius 1 is 0.547 bits per heavy atom. The second kappa shape index (κ2) is 37.2. The summed E-state index contributed by atoms with van der Waals surface area (Å²) in [6, 6.07) is 7.65. The molecule has 0 saturated heterocycles. The molecule has 1 atom stereocenters. The van der Waals surface area contributed by atoms with Gasteiger partial charge in [-0.3, -0.25) is 9.59 Å². The van der Waals surface area contributed by atoms with Gasteiger partial charge in [0.1, 0.15) is 12.4 Å². The third-order valence-electron chi connectivity index (χ3n) is 9.12. The van der Waals surface area contributed by atoms with Gasteiger partial charge in [0.05, 0.1) is 20.3 Å². The van der Waals surface area contributed by atoms with Crippen molar-refractivity contribution in [3.05, 3.63) is 78.4 Å². The Balaban J connectivity index is 2.27. The summed E-state index contributed by atoms with van der Waals surface area (Å²) >= 11 is 0. The maximum atomic E-state index is 12.7. The van der Waals surface area contributed by atoms with E-state index in [9.17, 15) is 9.59 Å². The number of methoxy groups -OCH3 is 1. The summed E-state index contributed by atoms with van der Waals surface area (Å²) in [4.78, 5) is 25.2. The van der Waals surface area contributed by atoms with Crippen molar-refractivity contribution in [3.63, 3.8) is 0 Å². The normalized spacial score (nSPS) is 12.4. The summed E-state index contributed by atoms with van der Waals surface area (Å²) in [5.74, 6) is 0.268. The van der Waals surface area contributed by atoms with Crippen LogP contribution in [0.15, 0.2) is 72.9 Å². The van der Waals surface area contributed by atoms with Crippen LogP contribution in [0.25, 0.3) is 0 Å². The molecule has 0 aliphatic heterocycles. The molecule has 0 fully saturated rings. The molecule has 0 aromatic heterocycles. The average Bonchev–Trinajstić information content (AvgIpc) is 3.17. The molecule has 1 aromatic rings. The van der Waals surface area contributed by atoms with E-state index >= 15 is 0 Å². The standard InChI is InChI=1S/C47H76O6/c1-4-6-8-10-12-14-16-18-20-22-24-26-28-30-32-34-46(48)52-42-45(41-51-40-43-36-38-44(50-3)39-37-43)53-47(49)35-33-31-29-27-25-23-21-19-17-15-13-11-9-7-5-2/h12-15,18-21,36-39,45H,4-11,16-17,22-35,40-42H2,1-3H3/b14-12-,15-13-,20-18-,21-19-/t45-/m0/s1. The molecule has 6 nitrogen and oxygen atoms in total. The molecule has 0 aliphatic rings. The van der Waals surface area contributed by atoms with Crippen molar-refractivity contribution < 1.29 is 28.5 Å². The Labute approximate surface area is 324 Å². The fraction of sp³-hybridized carbons (Fsp3) is 0.660. The van der Waals surface area contributed by atoms with E-state index in [0.717, 1.165) is 75.5 Å². The molecule has 0 heterocycles. The predicted molar refractivity (Wildman–Crippen MR) is 222 cm³/mol. The third-order valence-corrected chi connectivity index (χ3v) is 9.12. The van der Waals surface area contributed by atoms with Crippen molar-refractivity contribution in [3.8, 4) is 5.75 Å². The zero-order chi connectivity index (χ0) is 38.3. The number of unbranched alkanes of at least 4 members (excludes halogenated alkanes) is 16. The summed E-state index contributed by atoms with van der Waals surface area (Å²) in [5.41, 5.74) is 0.986. The van der Waals surface area contributed by atoms with Gasteiger partial charge in [-0.15, -0.1) is 0 Å². The Morgan fingerprint density at radius 3 is 1.49 bits per heavy atom. The highest BCUT2D eigenvalue weighted by molar-refractivity contribution is 5.70. The lowest BCUT2D eigenvalue weighted by Gasteiger charge is -2.18. The molecule has 0 unspecified atom stereocenters.